The lowest BCUT2D eigenvalue weighted by molar-refractivity contribution is 0.0757. The van der Waals surface area contributed by atoms with E-state index in [1.807, 2.05) is 46.0 Å². The fraction of sp³-hybridized carbons (Fsp3) is 0.462. The first kappa shape index (κ1) is 13.2. The molecule has 0 heterocycles. The third kappa shape index (κ3) is 2.64. The summed E-state index contributed by atoms with van der Waals surface area (Å²) in [5, 5.41) is 0.792. The average molecular weight is 284 g/mol. The summed E-state index contributed by atoms with van der Waals surface area (Å²) >= 11 is 3.40. The number of nitrogens with zero attached hydrogens (tertiary/aromatic N) is 1. The molecule has 0 saturated heterocycles. The molecule has 1 aromatic rings. The van der Waals surface area contributed by atoms with Gasteiger partial charge in [0.1, 0.15) is 0 Å². The lowest BCUT2D eigenvalue weighted by Crippen LogP contribution is -2.36. The van der Waals surface area contributed by atoms with Crippen LogP contribution < -0.4 is 0 Å². The molecule has 0 fully saturated rings. The highest BCUT2D eigenvalue weighted by atomic mass is 79.9. The Hall–Kier alpha value is -0.830. The molecule has 0 aromatic heterocycles. The molecule has 88 valence electrons. The molecular weight excluding hydrogens is 266 g/mol. The van der Waals surface area contributed by atoms with Crippen LogP contribution in [0, 0.1) is 13.8 Å². The van der Waals surface area contributed by atoms with Crippen molar-refractivity contribution in [3.63, 3.8) is 0 Å². The zero-order valence-corrected chi connectivity index (χ0v) is 11.8. The second-order valence-electron chi connectivity index (χ2n) is 4.17. The van der Waals surface area contributed by atoms with Gasteiger partial charge in [0, 0.05) is 24.0 Å². The molecule has 16 heavy (non-hydrogen) atoms. The average Bonchev–Trinajstić information content (AvgIpc) is 2.29. The molecule has 0 N–H and O–H groups in total. The first-order valence-corrected chi connectivity index (χ1v) is 6.50. The Morgan fingerprint density at radius 2 is 2.06 bits per heavy atom. The third-order valence-electron chi connectivity index (χ3n) is 3.04. The highest BCUT2D eigenvalue weighted by Crippen LogP contribution is 2.15. The van der Waals surface area contributed by atoms with Crippen molar-refractivity contribution in [2.45, 2.75) is 26.8 Å². The fourth-order valence-electron chi connectivity index (χ4n) is 1.48. The van der Waals surface area contributed by atoms with Crippen molar-refractivity contribution in [2.75, 3.05) is 12.4 Å². The Morgan fingerprint density at radius 1 is 1.44 bits per heavy atom. The van der Waals surface area contributed by atoms with Crippen molar-refractivity contribution in [3.05, 3.63) is 34.9 Å². The molecule has 2 nitrogen and oxygen atoms in total. The molecule has 0 aliphatic rings. The predicted molar refractivity (Wildman–Crippen MR) is 71.3 cm³/mol. The minimum Gasteiger partial charge on any atom is -0.338 e. The number of rotatable bonds is 3. The largest absolute Gasteiger partial charge is 0.338 e. The van der Waals surface area contributed by atoms with Gasteiger partial charge in [0.15, 0.2) is 0 Å². The molecule has 0 saturated carbocycles. The minimum absolute atomic E-state index is 0.0909. The Labute approximate surface area is 106 Å². The zero-order valence-electron chi connectivity index (χ0n) is 10.2. The van der Waals surface area contributed by atoms with E-state index >= 15 is 0 Å². The van der Waals surface area contributed by atoms with E-state index in [0.29, 0.717) is 0 Å². The summed E-state index contributed by atoms with van der Waals surface area (Å²) in [4.78, 5) is 14.0. The van der Waals surface area contributed by atoms with E-state index in [2.05, 4.69) is 15.9 Å². The summed E-state index contributed by atoms with van der Waals surface area (Å²) in [5.41, 5.74) is 3.03. The van der Waals surface area contributed by atoms with Crippen molar-refractivity contribution in [1.29, 1.82) is 0 Å². The monoisotopic (exact) mass is 283 g/mol. The first-order valence-electron chi connectivity index (χ1n) is 5.38. The molecule has 0 aliphatic carbocycles. The molecule has 0 radical (unpaired) electrons. The highest BCUT2D eigenvalue weighted by Gasteiger charge is 2.18. The smallest absolute Gasteiger partial charge is 0.254 e. The predicted octanol–water partition coefficient (Wildman–Crippen LogP) is 3.16. The van der Waals surface area contributed by atoms with Gasteiger partial charge >= 0.3 is 0 Å². The van der Waals surface area contributed by atoms with Gasteiger partial charge in [-0.3, -0.25) is 4.79 Å². The van der Waals surface area contributed by atoms with Crippen molar-refractivity contribution < 1.29 is 4.79 Å². The van der Waals surface area contributed by atoms with E-state index in [9.17, 15) is 4.79 Å². The maximum atomic E-state index is 12.2. The lowest BCUT2D eigenvalue weighted by atomic mass is 10.0. The van der Waals surface area contributed by atoms with Gasteiger partial charge < -0.3 is 4.90 Å². The van der Waals surface area contributed by atoms with Crippen molar-refractivity contribution >= 4 is 21.8 Å². The van der Waals surface area contributed by atoms with E-state index in [-0.39, 0.29) is 11.9 Å². The van der Waals surface area contributed by atoms with Gasteiger partial charge in [-0.2, -0.15) is 0 Å². The molecule has 1 amide bonds. The summed E-state index contributed by atoms with van der Waals surface area (Å²) in [6, 6.07) is 6.05. The number of amides is 1. The van der Waals surface area contributed by atoms with E-state index in [0.717, 1.165) is 22.0 Å². The second-order valence-corrected chi connectivity index (χ2v) is 4.81. The summed E-state index contributed by atoms with van der Waals surface area (Å²) < 4.78 is 0. The van der Waals surface area contributed by atoms with Crippen molar-refractivity contribution in [3.8, 4) is 0 Å². The molecule has 3 heteroatoms. The Morgan fingerprint density at radius 3 is 2.62 bits per heavy atom. The van der Waals surface area contributed by atoms with E-state index in [4.69, 9.17) is 0 Å². The topological polar surface area (TPSA) is 20.3 Å². The van der Waals surface area contributed by atoms with E-state index in [1.54, 1.807) is 4.90 Å². The zero-order chi connectivity index (χ0) is 12.3. The van der Waals surface area contributed by atoms with Gasteiger partial charge in [-0.25, -0.2) is 0 Å². The minimum atomic E-state index is 0.0909. The van der Waals surface area contributed by atoms with Gasteiger partial charge in [0.2, 0.25) is 0 Å². The van der Waals surface area contributed by atoms with Crippen LogP contribution in [0.1, 0.15) is 28.4 Å². The quantitative estimate of drug-likeness (QED) is 0.781. The first-order chi connectivity index (χ1) is 7.49. The van der Waals surface area contributed by atoms with E-state index in [1.165, 1.54) is 0 Å². The normalized spacial score (nSPS) is 12.3. The summed E-state index contributed by atoms with van der Waals surface area (Å²) in [7, 11) is 1.84. The van der Waals surface area contributed by atoms with E-state index < -0.39 is 0 Å². The van der Waals surface area contributed by atoms with Crippen LogP contribution >= 0.6 is 15.9 Å². The maximum absolute atomic E-state index is 12.2. The van der Waals surface area contributed by atoms with Crippen LogP contribution in [0.4, 0.5) is 0 Å². The Kier molecular flexibility index (Phi) is 4.54. The third-order valence-corrected chi connectivity index (χ3v) is 3.98. The van der Waals surface area contributed by atoms with Crippen LogP contribution in [-0.4, -0.2) is 29.2 Å². The maximum Gasteiger partial charge on any atom is 0.254 e. The molecular formula is C13H18BrNO. The van der Waals surface area contributed by atoms with Crippen LogP contribution in [-0.2, 0) is 0 Å². The van der Waals surface area contributed by atoms with Gasteiger partial charge in [-0.05, 0) is 38.0 Å². The van der Waals surface area contributed by atoms with Gasteiger partial charge in [-0.1, -0.05) is 28.1 Å². The molecule has 1 rings (SSSR count). The number of halogens is 1. The van der Waals surface area contributed by atoms with Gasteiger partial charge in [-0.15, -0.1) is 0 Å². The van der Waals surface area contributed by atoms with Crippen LogP contribution in [0.3, 0.4) is 0 Å². The number of benzene rings is 1. The highest BCUT2D eigenvalue weighted by molar-refractivity contribution is 9.09. The number of alkyl halides is 1. The number of aryl methyl sites for hydroxylation is 1. The fourth-order valence-corrected chi connectivity index (χ4v) is 1.91. The lowest BCUT2D eigenvalue weighted by Gasteiger charge is -2.24. The molecule has 0 aliphatic heterocycles. The Balaban J connectivity index is 3.01. The SMILES string of the molecule is Cc1cccc(C(=O)N(C)C(C)CBr)c1C. The molecule has 0 bridgehead atoms. The summed E-state index contributed by atoms with van der Waals surface area (Å²) in [6.07, 6.45) is 0. The van der Waals surface area contributed by atoms with Gasteiger partial charge in [0.25, 0.3) is 5.91 Å². The number of carbonyl (C=O) groups excluding carboxylic acids is 1. The van der Waals surface area contributed by atoms with Crippen LogP contribution in [0.25, 0.3) is 0 Å². The van der Waals surface area contributed by atoms with Crippen molar-refractivity contribution in [2.24, 2.45) is 0 Å². The Bertz CT molecular complexity index is 390. The van der Waals surface area contributed by atoms with Crippen molar-refractivity contribution in [1.82, 2.24) is 4.90 Å². The number of carbonyl (C=O) groups is 1. The number of hydrogen-bond acceptors (Lipinski definition) is 1. The molecule has 1 atom stereocenters. The van der Waals surface area contributed by atoms with Crippen LogP contribution in [0.15, 0.2) is 18.2 Å². The van der Waals surface area contributed by atoms with Crippen LogP contribution in [0.5, 0.6) is 0 Å². The summed E-state index contributed by atoms with van der Waals surface area (Å²) in [6.45, 7) is 6.05. The van der Waals surface area contributed by atoms with Gasteiger partial charge in [0.05, 0.1) is 0 Å². The standard InChI is InChI=1S/C13H18BrNO/c1-9-6-5-7-12(11(9)3)13(16)15(4)10(2)8-14/h5-7,10H,8H2,1-4H3. The summed E-state index contributed by atoms with van der Waals surface area (Å²) in [5.74, 6) is 0.0909. The van der Waals surface area contributed by atoms with Crippen LogP contribution in [0.2, 0.25) is 0 Å². The molecule has 1 unspecified atom stereocenters. The molecule has 1 aromatic carbocycles. The second kappa shape index (κ2) is 5.48. The molecule has 0 spiro atoms. The number of hydrogen-bond donors (Lipinski definition) is 0.